The van der Waals surface area contributed by atoms with Gasteiger partial charge in [-0.1, -0.05) is 0 Å². The lowest BCUT2D eigenvalue weighted by Gasteiger charge is -2.10. The maximum Gasteiger partial charge on any atom is 0.307 e. The van der Waals surface area contributed by atoms with Gasteiger partial charge in [0.25, 0.3) is 0 Å². The highest BCUT2D eigenvalue weighted by molar-refractivity contribution is 5.89. The number of carboxylic acid groups (broad SMARTS) is 1. The molecule has 5 nitrogen and oxygen atoms in total. The summed E-state index contributed by atoms with van der Waals surface area (Å²) in [6.45, 7) is 1.73. The van der Waals surface area contributed by atoms with Crippen molar-refractivity contribution in [2.45, 2.75) is 18.9 Å². The van der Waals surface area contributed by atoms with Crippen LogP contribution in [-0.4, -0.2) is 36.1 Å². The van der Waals surface area contributed by atoms with Gasteiger partial charge in [-0.2, -0.15) is 0 Å². The summed E-state index contributed by atoms with van der Waals surface area (Å²) in [5, 5.41) is 14.6. The molecule has 1 aliphatic heterocycles. The zero-order valence-electron chi connectivity index (χ0n) is 7.82. The summed E-state index contributed by atoms with van der Waals surface area (Å²) in [7, 11) is 0. The summed E-state index contributed by atoms with van der Waals surface area (Å²) in [6.07, 6.45) is 1.44. The largest absolute Gasteiger partial charge is 0.481 e. The third kappa shape index (κ3) is 1.87. The van der Waals surface area contributed by atoms with Crippen molar-refractivity contribution in [2.24, 2.45) is 11.8 Å². The van der Waals surface area contributed by atoms with Crippen LogP contribution in [0.4, 0.5) is 0 Å². The van der Waals surface area contributed by atoms with Crippen molar-refractivity contribution in [3.8, 4) is 0 Å². The van der Waals surface area contributed by atoms with Gasteiger partial charge in [0.15, 0.2) is 0 Å². The molecule has 1 amide bonds. The average Bonchev–Trinajstić information content (AvgIpc) is 2.80. The number of aliphatic carboxylic acids is 1. The summed E-state index contributed by atoms with van der Waals surface area (Å²) in [4.78, 5) is 22.0. The molecule has 0 aromatic rings. The van der Waals surface area contributed by atoms with E-state index in [0.29, 0.717) is 6.42 Å². The van der Waals surface area contributed by atoms with Gasteiger partial charge in [-0.15, -0.1) is 0 Å². The van der Waals surface area contributed by atoms with Crippen LogP contribution in [0.2, 0.25) is 0 Å². The Balaban J connectivity index is 1.77. The highest BCUT2D eigenvalue weighted by Gasteiger charge is 2.48. The molecule has 3 atom stereocenters. The highest BCUT2D eigenvalue weighted by atomic mass is 16.4. The second-order valence-electron chi connectivity index (χ2n) is 3.99. The van der Waals surface area contributed by atoms with E-state index in [2.05, 4.69) is 10.6 Å². The summed E-state index contributed by atoms with van der Waals surface area (Å²) >= 11 is 0. The Morgan fingerprint density at radius 1 is 1.36 bits per heavy atom. The van der Waals surface area contributed by atoms with Crippen LogP contribution in [-0.2, 0) is 9.59 Å². The smallest absolute Gasteiger partial charge is 0.307 e. The molecule has 1 aliphatic carbocycles. The van der Waals surface area contributed by atoms with Gasteiger partial charge in [-0.05, 0) is 19.4 Å². The standard InChI is InChI=1S/C9H14N2O3/c12-8(6-3-7(6)9(13)14)11-5-1-2-10-4-5/h5-7,10H,1-4H2,(H,11,12)(H,13,14)/t5-,6?,7?/m1/s1. The number of carbonyl (C=O) groups excluding carboxylic acids is 1. The van der Waals surface area contributed by atoms with Crippen molar-refractivity contribution in [3.05, 3.63) is 0 Å². The minimum absolute atomic E-state index is 0.0916. The number of nitrogens with one attached hydrogen (secondary N) is 2. The number of amides is 1. The van der Waals surface area contributed by atoms with Crippen molar-refractivity contribution < 1.29 is 14.7 Å². The van der Waals surface area contributed by atoms with Gasteiger partial charge < -0.3 is 15.7 Å². The number of hydrogen-bond acceptors (Lipinski definition) is 3. The fraction of sp³-hybridized carbons (Fsp3) is 0.778. The number of carboxylic acids is 1. The molecule has 2 rings (SSSR count). The molecule has 5 heteroatoms. The molecular formula is C9H14N2O3. The SMILES string of the molecule is O=C(O)C1CC1C(=O)N[C@@H]1CCNC1. The van der Waals surface area contributed by atoms with E-state index in [1.54, 1.807) is 0 Å². The van der Waals surface area contributed by atoms with E-state index in [1.165, 1.54) is 0 Å². The molecule has 0 spiro atoms. The van der Waals surface area contributed by atoms with Gasteiger partial charge in [0, 0.05) is 12.6 Å². The Morgan fingerprint density at radius 3 is 2.64 bits per heavy atom. The van der Waals surface area contributed by atoms with Crippen molar-refractivity contribution in [1.82, 2.24) is 10.6 Å². The summed E-state index contributed by atoms with van der Waals surface area (Å²) < 4.78 is 0. The van der Waals surface area contributed by atoms with Gasteiger partial charge in [0.2, 0.25) is 5.91 Å². The predicted octanol–water partition coefficient (Wildman–Crippen LogP) is -0.815. The molecule has 0 aromatic heterocycles. The molecule has 78 valence electrons. The molecule has 0 aromatic carbocycles. The van der Waals surface area contributed by atoms with Gasteiger partial charge in [0.1, 0.15) is 0 Å². The minimum atomic E-state index is -0.852. The molecule has 1 saturated heterocycles. The first kappa shape index (κ1) is 9.45. The zero-order chi connectivity index (χ0) is 10.1. The molecule has 2 unspecified atom stereocenters. The zero-order valence-corrected chi connectivity index (χ0v) is 7.82. The number of rotatable bonds is 3. The molecular weight excluding hydrogens is 184 g/mol. The summed E-state index contributed by atoms with van der Waals surface area (Å²) in [5.41, 5.74) is 0. The van der Waals surface area contributed by atoms with E-state index in [1.807, 2.05) is 0 Å². The summed E-state index contributed by atoms with van der Waals surface area (Å²) in [5.74, 6) is -1.67. The predicted molar refractivity (Wildman–Crippen MR) is 48.7 cm³/mol. The van der Waals surface area contributed by atoms with E-state index in [-0.39, 0.29) is 17.9 Å². The lowest BCUT2D eigenvalue weighted by molar-refractivity contribution is -0.140. The third-order valence-corrected chi connectivity index (χ3v) is 2.85. The first-order valence-electron chi connectivity index (χ1n) is 4.92. The molecule has 0 bridgehead atoms. The van der Waals surface area contributed by atoms with Crippen LogP contribution >= 0.6 is 0 Å². The van der Waals surface area contributed by atoms with E-state index in [4.69, 9.17) is 5.11 Å². The van der Waals surface area contributed by atoms with Crippen molar-refractivity contribution in [2.75, 3.05) is 13.1 Å². The molecule has 0 radical (unpaired) electrons. The van der Waals surface area contributed by atoms with Crippen LogP contribution in [0.1, 0.15) is 12.8 Å². The molecule has 1 heterocycles. The monoisotopic (exact) mass is 198 g/mol. The molecule has 2 fully saturated rings. The fourth-order valence-corrected chi connectivity index (χ4v) is 1.84. The van der Waals surface area contributed by atoms with E-state index >= 15 is 0 Å². The van der Waals surface area contributed by atoms with Crippen molar-refractivity contribution >= 4 is 11.9 Å². The maximum absolute atomic E-state index is 11.5. The first-order chi connectivity index (χ1) is 6.68. The molecule has 1 saturated carbocycles. The van der Waals surface area contributed by atoms with Crippen LogP contribution in [0.25, 0.3) is 0 Å². The van der Waals surface area contributed by atoms with Crippen LogP contribution in [0.3, 0.4) is 0 Å². The van der Waals surface area contributed by atoms with Gasteiger partial charge >= 0.3 is 5.97 Å². The average molecular weight is 198 g/mol. The number of carbonyl (C=O) groups is 2. The summed E-state index contributed by atoms with van der Waals surface area (Å²) in [6, 6.07) is 0.192. The quantitative estimate of drug-likeness (QED) is 0.554. The van der Waals surface area contributed by atoms with Crippen LogP contribution in [0.5, 0.6) is 0 Å². The first-order valence-corrected chi connectivity index (χ1v) is 4.92. The van der Waals surface area contributed by atoms with E-state index < -0.39 is 11.9 Å². The Morgan fingerprint density at radius 2 is 2.14 bits per heavy atom. The normalized spacial score (nSPS) is 35.3. The van der Waals surface area contributed by atoms with E-state index in [9.17, 15) is 9.59 Å². The van der Waals surface area contributed by atoms with Crippen molar-refractivity contribution in [1.29, 1.82) is 0 Å². The topological polar surface area (TPSA) is 78.4 Å². The Bertz CT molecular complexity index is 261. The fourth-order valence-electron chi connectivity index (χ4n) is 1.84. The third-order valence-electron chi connectivity index (χ3n) is 2.85. The number of hydrogen-bond donors (Lipinski definition) is 3. The van der Waals surface area contributed by atoms with Gasteiger partial charge in [-0.25, -0.2) is 0 Å². The lowest BCUT2D eigenvalue weighted by atomic mass is 10.2. The van der Waals surface area contributed by atoms with Crippen LogP contribution < -0.4 is 10.6 Å². The maximum atomic E-state index is 11.5. The van der Waals surface area contributed by atoms with Crippen LogP contribution in [0.15, 0.2) is 0 Å². The lowest BCUT2D eigenvalue weighted by Crippen LogP contribution is -2.37. The second-order valence-corrected chi connectivity index (χ2v) is 3.99. The van der Waals surface area contributed by atoms with Crippen LogP contribution in [0, 0.1) is 11.8 Å². The highest BCUT2D eigenvalue weighted by Crippen LogP contribution is 2.38. The minimum Gasteiger partial charge on any atom is -0.481 e. The Kier molecular flexibility index (Phi) is 2.41. The molecule has 3 N–H and O–H groups in total. The second kappa shape index (κ2) is 3.57. The van der Waals surface area contributed by atoms with Crippen molar-refractivity contribution in [3.63, 3.8) is 0 Å². The van der Waals surface area contributed by atoms with E-state index in [0.717, 1.165) is 19.5 Å². The molecule has 2 aliphatic rings. The molecule has 14 heavy (non-hydrogen) atoms. The van der Waals surface area contributed by atoms with Gasteiger partial charge in [-0.3, -0.25) is 9.59 Å². The van der Waals surface area contributed by atoms with Gasteiger partial charge in [0.05, 0.1) is 11.8 Å². The Hall–Kier alpha value is -1.10. The Labute approximate surface area is 81.9 Å².